The number of fused-ring (bicyclic) bond motifs is 1. The van der Waals surface area contributed by atoms with Gasteiger partial charge in [-0.2, -0.15) is 0 Å². The Morgan fingerprint density at radius 1 is 1.26 bits per heavy atom. The molecule has 96 valence electrons. The van der Waals surface area contributed by atoms with Gasteiger partial charge in [-0.25, -0.2) is 0 Å². The van der Waals surface area contributed by atoms with Crippen LogP contribution in [0.2, 0.25) is 5.02 Å². The second kappa shape index (κ2) is 4.99. The van der Waals surface area contributed by atoms with Crippen molar-refractivity contribution in [1.29, 1.82) is 0 Å². The summed E-state index contributed by atoms with van der Waals surface area (Å²) >= 11 is 9.28. The van der Waals surface area contributed by atoms with E-state index >= 15 is 0 Å². The quantitative estimate of drug-likeness (QED) is 0.866. The van der Waals surface area contributed by atoms with Crippen molar-refractivity contribution in [1.82, 2.24) is 0 Å². The summed E-state index contributed by atoms with van der Waals surface area (Å²) in [5.41, 5.74) is 3.14. The molecule has 4 heteroatoms. The monoisotopic (exact) mass is 335 g/mol. The number of carbonyl (C=O) groups is 1. The third-order valence-electron chi connectivity index (χ3n) is 3.36. The maximum Gasteiger partial charge on any atom is 0.232 e. The summed E-state index contributed by atoms with van der Waals surface area (Å²) in [5, 5.41) is 3.57. The average molecular weight is 337 g/mol. The van der Waals surface area contributed by atoms with E-state index in [4.69, 9.17) is 11.6 Å². The first kappa shape index (κ1) is 12.7. The molecule has 2 nitrogen and oxygen atoms in total. The predicted molar refractivity (Wildman–Crippen MR) is 80.7 cm³/mol. The molecular formula is C15H11BrClNO. The van der Waals surface area contributed by atoms with Crippen LogP contribution in [-0.4, -0.2) is 5.91 Å². The van der Waals surface area contributed by atoms with Crippen molar-refractivity contribution in [3.63, 3.8) is 0 Å². The molecule has 1 aliphatic carbocycles. The van der Waals surface area contributed by atoms with Gasteiger partial charge in [0.05, 0.1) is 11.6 Å². The molecule has 0 spiro atoms. The average Bonchev–Trinajstić information content (AvgIpc) is 2.34. The highest BCUT2D eigenvalue weighted by atomic mass is 79.9. The van der Waals surface area contributed by atoms with Crippen LogP contribution < -0.4 is 5.32 Å². The summed E-state index contributed by atoms with van der Waals surface area (Å²) < 4.78 is 0.793. The van der Waals surface area contributed by atoms with Gasteiger partial charge >= 0.3 is 0 Å². The van der Waals surface area contributed by atoms with Crippen molar-refractivity contribution in [3.8, 4) is 0 Å². The van der Waals surface area contributed by atoms with Crippen LogP contribution in [0.4, 0.5) is 5.69 Å². The number of benzene rings is 2. The first-order chi connectivity index (χ1) is 9.15. The van der Waals surface area contributed by atoms with Crippen LogP contribution in [0.3, 0.4) is 0 Å². The molecule has 1 atom stereocenters. The van der Waals surface area contributed by atoms with E-state index in [9.17, 15) is 4.79 Å². The van der Waals surface area contributed by atoms with Crippen LogP contribution in [-0.2, 0) is 11.2 Å². The van der Waals surface area contributed by atoms with Gasteiger partial charge in [-0.15, -0.1) is 0 Å². The summed E-state index contributed by atoms with van der Waals surface area (Å²) in [6, 6.07) is 13.4. The third-order valence-corrected chi connectivity index (χ3v) is 4.25. The Bertz CT molecular complexity index is 656. The fourth-order valence-electron chi connectivity index (χ4n) is 2.30. The summed E-state index contributed by atoms with van der Waals surface area (Å²) in [6.45, 7) is 0. The van der Waals surface area contributed by atoms with Crippen molar-refractivity contribution >= 4 is 39.1 Å². The number of carbonyl (C=O) groups excluding carboxylic acids is 1. The van der Waals surface area contributed by atoms with Crippen LogP contribution in [0.15, 0.2) is 46.9 Å². The van der Waals surface area contributed by atoms with E-state index in [1.165, 1.54) is 5.56 Å². The third kappa shape index (κ3) is 2.40. The zero-order valence-electron chi connectivity index (χ0n) is 9.99. The maximum absolute atomic E-state index is 12.2. The van der Waals surface area contributed by atoms with Gasteiger partial charge in [-0.3, -0.25) is 4.79 Å². The van der Waals surface area contributed by atoms with E-state index in [1.807, 2.05) is 18.2 Å². The van der Waals surface area contributed by atoms with Gasteiger partial charge in [0.25, 0.3) is 0 Å². The van der Waals surface area contributed by atoms with E-state index < -0.39 is 0 Å². The number of hydrogen-bond donors (Lipinski definition) is 1. The molecule has 0 saturated carbocycles. The Hall–Kier alpha value is -1.32. The predicted octanol–water partition coefficient (Wildman–Crippen LogP) is 4.38. The van der Waals surface area contributed by atoms with Crippen LogP contribution in [0.1, 0.15) is 17.0 Å². The van der Waals surface area contributed by atoms with E-state index in [0.29, 0.717) is 5.02 Å². The largest absolute Gasteiger partial charge is 0.325 e. The highest BCUT2D eigenvalue weighted by molar-refractivity contribution is 9.10. The summed E-state index contributed by atoms with van der Waals surface area (Å²) in [5.74, 6) is -0.0134. The number of halogens is 2. The van der Waals surface area contributed by atoms with Gasteiger partial charge in [-0.05, 0) is 51.7 Å². The zero-order valence-corrected chi connectivity index (χ0v) is 12.3. The second-order valence-corrected chi connectivity index (χ2v) is 5.86. The molecule has 0 bridgehead atoms. The number of nitrogens with one attached hydrogen (secondary N) is 1. The minimum Gasteiger partial charge on any atom is -0.325 e. The molecule has 0 saturated heterocycles. The van der Waals surface area contributed by atoms with Crippen molar-refractivity contribution in [2.45, 2.75) is 12.3 Å². The fraction of sp³-hybridized carbons (Fsp3) is 0.133. The Balaban J connectivity index is 1.77. The van der Waals surface area contributed by atoms with Gasteiger partial charge < -0.3 is 5.32 Å². The number of hydrogen-bond acceptors (Lipinski definition) is 1. The van der Waals surface area contributed by atoms with Crippen molar-refractivity contribution in [2.75, 3.05) is 5.32 Å². The second-order valence-electron chi connectivity index (χ2n) is 4.57. The van der Waals surface area contributed by atoms with E-state index in [2.05, 4.69) is 27.3 Å². The van der Waals surface area contributed by atoms with Crippen molar-refractivity contribution in [3.05, 3.63) is 63.1 Å². The SMILES string of the molecule is O=C(Nc1ccc(Cl)cc1Br)C1Cc2ccccc21. The van der Waals surface area contributed by atoms with E-state index in [-0.39, 0.29) is 11.8 Å². The molecule has 1 aliphatic rings. The van der Waals surface area contributed by atoms with Gasteiger partial charge in [0.1, 0.15) is 0 Å². The molecular weight excluding hydrogens is 326 g/mol. The maximum atomic E-state index is 12.2. The lowest BCUT2D eigenvalue weighted by atomic mass is 9.77. The lowest BCUT2D eigenvalue weighted by Crippen LogP contribution is -2.30. The minimum atomic E-state index is -0.0428. The standard InChI is InChI=1S/C15H11BrClNO/c16-13-8-10(17)5-6-14(13)18-15(19)12-7-9-3-1-2-4-11(9)12/h1-6,8,12H,7H2,(H,18,19). The Morgan fingerprint density at radius 2 is 2.05 bits per heavy atom. The molecule has 19 heavy (non-hydrogen) atoms. The molecule has 0 aromatic heterocycles. The first-order valence-corrected chi connectivity index (χ1v) is 7.16. The fourth-order valence-corrected chi connectivity index (χ4v) is 3.09. The normalized spacial score (nSPS) is 16.4. The Kier molecular flexibility index (Phi) is 3.33. The first-order valence-electron chi connectivity index (χ1n) is 5.99. The molecule has 1 N–H and O–H groups in total. The molecule has 1 amide bonds. The molecule has 2 aromatic carbocycles. The van der Waals surface area contributed by atoms with E-state index in [0.717, 1.165) is 22.1 Å². The Morgan fingerprint density at radius 3 is 2.79 bits per heavy atom. The number of rotatable bonds is 2. The smallest absolute Gasteiger partial charge is 0.232 e. The molecule has 0 heterocycles. The van der Waals surface area contributed by atoms with Gasteiger partial charge in [-0.1, -0.05) is 35.9 Å². The lowest BCUT2D eigenvalue weighted by Gasteiger charge is -2.29. The topological polar surface area (TPSA) is 29.1 Å². The summed E-state index contributed by atoms with van der Waals surface area (Å²) in [7, 11) is 0. The molecule has 0 aliphatic heterocycles. The highest BCUT2D eigenvalue weighted by Gasteiger charge is 2.31. The van der Waals surface area contributed by atoms with Crippen molar-refractivity contribution in [2.24, 2.45) is 0 Å². The molecule has 2 aromatic rings. The van der Waals surface area contributed by atoms with Gasteiger partial charge in [0.2, 0.25) is 5.91 Å². The Labute approximate surface area is 124 Å². The zero-order chi connectivity index (χ0) is 13.4. The lowest BCUT2D eigenvalue weighted by molar-refractivity contribution is -0.118. The van der Waals surface area contributed by atoms with Crippen molar-refractivity contribution < 1.29 is 4.79 Å². The number of amides is 1. The van der Waals surface area contributed by atoms with Crippen LogP contribution in [0, 0.1) is 0 Å². The summed E-state index contributed by atoms with van der Waals surface area (Å²) in [4.78, 5) is 12.2. The van der Waals surface area contributed by atoms with Crippen LogP contribution in [0.5, 0.6) is 0 Å². The van der Waals surface area contributed by atoms with Gasteiger partial charge in [0, 0.05) is 9.50 Å². The van der Waals surface area contributed by atoms with Gasteiger partial charge in [0.15, 0.2) is 0 Å². The molecule has 3 rings (SSSR count). The van der Waals surface area contributed by atoms with E-state index in [1.54, 1.807) is 18.2 Å². The molecule has 0 radical (unpaired) electrons. The number of anilines is 1. The molecule has 1 unspecified atom stereocenters. The minimum absolute atomic E-state index is 0.0294. The highest BCUT2D eigenvalue weighted by Crippen LogP contribution is 2.36. The van der Waals surface area contributed by atoms with Crippen LogP contribution >= 0.6 is 27.5 Å². The summed E-state index contributed by atoms with van der Waals surface area (Å²) in [6.07, 6.45) is 0.813. The van der Waals surface area contributed by atoms with Crippen LogP contribution in [0.25, 0.3) is 0 Å². The molecule has 0 fully saturated rings.